The third kappa shape index (κ3) is 3.79. The molecule has 0 atom stereocenters. The second-order valence-electron chi connectivity index (χ2n) is 7.66. The van der Waals surface area contributed by atoms with Gasteiger partial charge in [-0.1, -0.05) is 62.6 Å². The predicted octanol–water partition coefficient (Wildman–Crippen LogP) is 7.04. The number of hydrogen-bond donors (Lipinski definition) is 0. The van der Waals surface area contributed by atoms with E-state index in [1.807, 2.05) is 11.8 Å². The van der Waals surface area contributed by atoms with Gasteiger partial charge in [-0.15, -0.1) is 11.8 Å². The van der Waals surface area contributed by atoms with E-state index in [4.69, 9.17) is 4.99 Å². The molecule has 0 aromatic heterocycles. The van der Waals surface area contributed by atoms with Crippen molar-refractivity contribution < 1.29 is 0 Å². The smallest absolute Gasteiger partial charge is 0.0754 e. The zero-order valence-corrected chi connectivity index (χ0v) is 16.8. The molecule has 0 N–H and O–H groups in total. The van der Waals surface area contributed by atoms with Crippen molar-refractivity contribution in [3.05, 3.63) is 53.1 Å². The van der Waals surface area contributed by atoms with Crippen LogP contribution in [-0.4, -0.2) is 10.8 Å². The first kappa shape index (κ1) is 18.5. The van der Waals surface area contributed by atoms with E-state index in [0.29, 0.717) is 0 Å². The Hall–Kier alpha value is -1.28. The van der Waals surface area contributed by atoms with E-state index in [0.717, 1.165) is 12.2 Å². The summed E-state index contributed by atoms with van der Waals surface area (Å²) in [6.07, 6.45) is 8.94. The Bertz CT molecular complexity index is 705. The van der Waals surface area contributed by atoms with Gasteiger partial charge in [-0.3, -0.25) is 0 Å². The maximum Gasteiger partial charge on any atom is 0.0754 e. The fourth-order valence-corrected chi connectivity index (χ4v) is 5.27. The number of rotatable bonds is 4. The second kappa shape index (κ2) is 7.95. The molecule has 134 valence electrons. The number of thioether (sulfide) groups is 1. The summed E-state index contributed by atoms with van der Waals surface area (Å²) >= 11 is 1.88. The van der Waals surface area contributed by atoms with Crippen molar-refractivity contribution in [1.29, 1.82) is 0 Å². The van der Waals surface area contributed by atoms with E-state index < -0.39 is 0 Å². The minimum atomic E-state index is 0.257. The van der Waals surface area contributed by atoms with Gasteiger partial charge in [0, 0.05) is 11.0 Å². The van der Waals surface area contributed by atoms with Gasteiger partial charge in [-0.2, -0.15) is 0 Å². The first-order valence-electron chi connectivity index (χ1n) is 9.74. The first-order valence-corrected chi connectivity index (χ1v) is 10.7. The summed E-state index contributed by atoms with van der Waals surface area (Å²) in [6, 6.07) is 8.90. The van der Waals surface area contributed by atoms with Gasteiger partial charge in [-0.05, 0) is 56.4 Å². The van der Waals surface area contributed by atoms with Crippen LogP contribution in [0.25, 0.3) is 5.70 Å². The van der Waals surface area contributed by atoms with Crippen molar-refractivity contribution in [1.82, 2.24) is 0 Å². The average Bonchev–Trinajstić information content (AvgIpc) is 2.60. The largest absolute Gasteiger partial charge is 0.246 e. The quantitative estimate of drug-likeness (QED) is 0.417. The zero-order chi connectivity index (χ0) is 17.9. The molecular weight excluding hydrogens is 322 g/mol. The lowest BCUT2D eigenvalue weighted by Gasteiger charge is -2.44. The molecule has 1 aromatic carbocycles. The summed E-state index contributed by atoms with van der Waals surface area (Å²) in [6.45, 7) is 11.0. The van der Waals surface area contributed by atoms with E-state index in [1.165, 1.54) is 71.5 Å². The van der Waals surface area contributed by atoms with Gasteiger partial charge in [-0.25, -0.2) is 4.99 Å². The van der Waals surface area contributed by atoms with Crippen LogP contribution in [0.2, 0.25) is 0 Å². The number of allylic oxidation sites excluding steroid dienone is 2. The fourth-order valence-electron chi connectivity index (χ4n) is 4.61. The summed E-state index contributed by atoms with van der Waals surface area (Å²) < 4.78 is 0. The summed E-state index contributed by atoms with van der Waals surface area (Å²) in [4.78, 5) is 5.17. The van der Waals surface area contributed by atoms with Gasteiger partial charge in [0.2, 0.25) is 0 Å². The topological polar surface area (TPSA) is 12.4 Å². The minimum Gasteiger partial charge on any atom is -0.246 e. The molecule has 25 heavy (non-hydrogen) atoms. The fraction of sp³-hybridized carbons (Fsp3) is 0.522. The molecule has 0 aliphatic heterocycles. The van der Waals surface area contributed by atoms with Gasteiger partial charge < -0.3 is 0 Å². The van der Waals surface area contributed by atoms with E-state index in [1.54, 1.807) is 0 Å². The van der Waals surface area contributed by atoms with Gasteiger partial charge in [0.25, 0.3) is 0 Å². The molecular formula is C23H31NS. The highest BCUT2D eigenvalue weighted by molar-refractivity contribution is 8.13. The normalized spacial score (nSPS) is 19.9. The van der Waals surface area contributed by atoms with Crippen LogP contribution in [0.4, 0.5) is 0 Å². The number of hydrogen-bond acceptors (Lipinski definition) is 2. The van der Waals surface area contributed by atoms with Crippen LogP contribution in [0.1, 0.15) is 70.4 Å². The van der Waals surface area contributed by atoms with Gasteiger partial charge >= 0.3 is 0 Å². The van der Waals surface area contributed by atoms with Crippen LogP contribution in [-0.2, 0) is 6.42 Å². The van der Waals surface area contributed by atoms with Crippen molar-refractivity contribution >= 4 is 22.5 Å². The Morgan fingerprint density at radius 1 is 1.16 bits per heavy atom. The van der Waals surface area contributed by atoms with Crippen LogP contribution < -0.4 is 0 Å². The molecule has 2 aliphatic rings. The maximum absolute atomic E-state index is 5.17. The third-order valence-corrected chi connectivity index (χ3v) is 6.71. The van der Waals surface area contributed by atoms with Crippen LogP contribution in [0.15, 0.2) is 47.0 Å². The molecule has 0 saturated heterocycles. The molecule has 0 heterocycles. The lowest BCUT2D eigenvalue weighted by atomic mass is 9.60. The summed E-state index contributed by atoms with van der Waals surface area (Å²) in [5.41, 5.74) is 6.92. The molecule has 0 unspecified atom stereocenters. The van der Waals surface area contributed by atoms with Gasteiger partial charge in [0.15, 0.2) is 0 Å². The average molecular weight is 354 g/mol. The molecule has 1 aromatic rings. The predicted molar refractivity (Wildman–Crippen MR) is 113 cm³/mol. The maximum atomic E-state index is 5.17. The highest BCUT2D eigenvalue weighted by atomic mass is 32.2. The molecule has 1 spiro atoms. The van der Waals surface area contributed by atoms with Crippen LogP contribution >= 0.6 is 11.8 Å². The number of nitrogens with zero attached hydrogens (tertiary/aromatic N) is 1. The van der Waals surface area contributed by atoms with E-state index >= 15 is 0 Å². The Labute approximate surface area is 157 Å². The molecule has 1 saturated carbocycles. The van der Waals surface area contributed by atoms with Crippen LogP contribution in [0.3, 0.4) is 0 Å². The van der Waals surface area contributed by atoms with Crippen molar-refractivity contribution in [2.75, 3.05) is 5.75 Å². The second-order valence-corrected chi connectivity index (χ2v) is 8.95. The minimum absolute atomic E-state index is 0.257. The summed E-state index contributed by atoms with van der Waals surface area (Å²) in [5, 5.41) is 1.18. The first-order chi connectivity index (χ1) is 12.1. The van der Waals surface area contributed by atoms with Crippen molar-refractivity contribution in [3.63, 3.8) is 0 Å². The van der Waals surface area contributed by atoms with E-state index in [9.17, 15) is 0 Å². The SMILES string of the molecule is C=C(C)C1=C(/N=C(\C)SCCC)c2ccccc2CC12CCCCC2. The molecule has 2 heteroatoms. The Morgan fingerprint density at radius 3 is 2.56 bits per heavy atom. The van der Waals surface area contributed by atoms with E-state index in [-0.39, 0.29) is 5.41 Å². The molecule has 0 radical (unpaired) electrons. The van der Waals surface area contributed by atoms with Crippen molar-refractivity contribution in [2.45, 2.75) is 65.7 Å². The monoisotopic (exact) mass is 353 g/mol. The molecule has 1 fully saturated rings. The summed E-state index contributed by atoms with van der Waals surface area (Å²) in [5.74, 6) is 1.14. The third-order valence-electron chi connectivity index (χ3n) is 5.59. The Morgan fingerprint density at radius 2 is 1.88 bits per heavy atom. The highest BCUT2D eigenvalue weighted by Gasteiger charge is 2.41. The molecule has 1 nitrogen and oxygen atoms in total. The number of aliphatic imine (C=N–C) groups is 1. The Kier molecular flexibility index (Phi) is 5.89. The van der Waals surface area contributed by atoms with Gasteiger partial charge in [0.1, 0.15) is 0 Å². The van der Waals surface area contributed by atoms with Crippen molar-refractivity contribution in [3.8, 4) is 0 Å². The zero-order valence-electron chi connectivity index (χ0n) is 16.0. The van der Waals surface area contributed by atoms with Crippen molar-refractivity contribution in [2.24, 2.45) is 10.4 Å². The molecule has 2 aliphatic carbocycles. The van der Waals surface area contributed by atoms with Crippen LogP contribution in [0, 0.1) is 5.41 Å². The Balaban J connectivity index is 2.17. The lowest BCUT2D eigenvalue weighted by molar-refractivity contribution is 0.238. The number of benzene rings is 1. The number of fused-ring (bicyclic) bond motifs is 1. The standard InChI is InChI=1S/C23H31NS/c1-5-15-25-18(4)24-22-20-12-8-7-11-19(20)16-23(21(22)17(2)3)13-9-6-10-14-23/h7-8,11-12H,2,5-6,9-10,13-16H2,1,3-4H3/b24-18+. The van der Waals surface area contributed by atoms with Crippen LogP contribution in [0.5, 0.6) is 0 Å². The lowest BCUT2D eigenvalue weighted by Crippen LogP contribution is -2.33. The summed E-state index contributed by atoms with van der Waals surface area (Å²) in [7, 11) is 0. The molecule has 0 bridgehead atoms. The molecule has 3 rings (SSSR count). The highest BCUT2D eigenvalue weighted by Crippen LogP contribution is 2.53. The molecule has 0 amide bonds. The van der Waals surface area contributed by atoms with Gasteiger partial charge in [0.05, 0.1) is 10.7 Å². The van der Waals surface area contributed by atoms with E-state index in [2.05, 4.69) is 51.6 Å².